The van der Waals surface area contributed by atoms with Crippen LogP contribution in [0.4, 0.5) is 0 Å². The van der Waals surface area contributed by atoms with Gasteiger partial charge in [0.2, 0.25) is 0 Å². The van der Waals surface area contributed by atoms with Crippen molar-refractivity contribution in [2.75, 3.05) is 7.11 Å². The molecule has 6 nitrogen and oxygen atoms in total. The van der Waals surface area contributed by atoms with Crippen LogP contribution in [0.1, 0.15) is 86.5 Å². The first-order valence-corrected chi connectivity index (χ1v) is 14.0. The maximum Gasteiger partial charge on any atom is 0.312 e. The first-order valence-electron chi connectivity index (χ1n) is 14.0. The van der Waals surface area contributed by atoms with E-state index in [1.807, 2.05) is 13.0 Å². The van der Waals surface area contributed by atoms with E-state index >= 15 is 0 Å². The average Bonchev–Trinajstić information content (AvgIpc) is 2.84. The minimum absolute atomic E-state index is 0.0906. The van der Waals surface area contributed by atoms with E-state index in [0.717, 1.165) is 24.8 Å². The number of esters is 1. The van der Waals surface area contributed by atoms with Crippen molar-refractivity contribution in [2.45, 2.75) is 98.2 Å². The lowest BCUT2D eigenvalue weighted by atomic mass is 9.33. The molecule has 6 heteroatoms. The molecule has 0 aromatic heterocycles. The zero-order valence-electron chi connectivity index (χ0n) is 23.5. The lowest BCUT2D eigenvalue weighted by Gasteiger charge is -2.71. The van der Waals surface area contributed by atoms with Crippen molar-refractivity contribution in [2.24, 2.45) is 44.8 Å². The number of fused-ring (bicyclic) bond motifs is 7. The number of aliphatic hydroxyl groups excluding tert-OH is 1. The maximum absolute atomic E-state index is 14.4. The van der Waals surface area contributed by atoms with Gasteiger partial charge in [-0.15, -0.1) is 0 Å². The molecule has 2 unspecified atom stereocenters. The lowest BCUT2D eigenvalue weighted by molar-refractivity contribution is -0.247. The largest absolute Gasteiger partial charge is 0.469 e. The van der Waals surface area contributed by atoms with Gasteiger partial charge in [0.15, 0.2) is 5.78 Å². The number of ketones is 1. The summed E-state index contributed by atoms with van der Waals surface area (Å²) in [5.74, 6) is -1.17. The van der Waals surface area contributed by atoms with E-state index in [0.29, 0.717) is 31.3 Å². The van der Waals surface area contributed by atoms with Gasteiger partial charge in [0, 0.05) is 16.7 Å². The van der Waals surface area contributed by atoms with Crippen molar-refractivity contribution < 1.29 is 24.5 Å². The minimum atomic E-state index is -1.69. The first kappa shape index (κ1) is 26.6. The number of rotatable bonds is 1. The van der Waals surface area contributed by atoms with E-state index < -0.39 is 39.3 Å². The molecular weight excluding hydrogens is 466 g/mol. The Hall–Kier alpha value is -1.97. The number of methoxy groups -OCH3 is 1. The first-order chi connectivity index (χ1) is 17.1. The Bertz CT molecular complexity index is 1160. The second kappa shape index (κ2) is 7.79. The highest BCUT2D eigenvalue weighted by atomic mass is 16.5. The predicted octanol–water partition coefficient (Wildman–Crippen LogP) is 4.90. The third-order valence-corrected chi connectivity index (χ3v) is 12.5. The van der Waals surface area contributed by atoms with E-state index in [4.69, 9.17) is 4.74 Å². The van der Waals surface area contributed by atoms with Crippen molar-refractivity contribution in [1.29, 1.82) is 5.26 Å². The topological polar surface area (TPSA) is 108 Å². The molecule has 5 aliphatic rings. The van der Waals surface area contributed by atoms with Crippen molar-refractivity contribution in [1.82, 2.24) is 0 Å². The summed E-state index contributed by atoms with van der Waals surface area (Å²) in [5, 5.41) is 33.4. The van der Waals surface area contributed by atoms with E-state index in [9.17, 15) is 25.1 Å². The van der Waals surface area contributed by atoms with Crippen LogP contribution >= 0.6 is 0 Å². The van der Waals surface area contributed by atoms with Crippen LogP contribution in [0, 0.1) is 56.2 Å². The van der Waals surface area contributed by atoms with Gasteiger partial charge in [-0.05, 0) is 79.3 Å². The Balaban J connectivity index is 1.73. The van der Waals surface area contributed by atoms with Gasteiger partial charge in [-0.3, -0.25) is 9.59 Å². The molecule has 202 valence electrons. The van der Waals surface area contributed by atoms with Gasteiger partial charge < -0.3 is 14.9 Å². The quantitative estimate of drug-likeness (QED) is 0.487. The number of hydrogen-bond acceptors (Lipinski definition) is 6. The molecule has 9 atom stereocenters. The summed E-state index contributed by atoms with van der Waals surface area (Å²) in [7, 11) is 1.41. The lowest BCUT2D eigenvalue weighted by Crippen LogP contribution is -2.74. The summed E-state index contributed by atoms with van der Waals surface area (Å²) in [6, 6.07) is 2.20. The van der Waals surface area contributed by atoms with Gasteiger partial charge in [-0.25, -0.2) is 0 Å². The van der Waals surface area contributed by atoms with Gasteiger partial charge in [0.25, 0.3) is 0 Å². The monoisotopic (exact) mass is 509 g/mol. The fourth-order valence-electron chi connectivity index (χ4n) is 9.98. The minimum Gasteiger partial charge on any atom is -0.469 e. The number of hydrogen-bond donors (Lipinski definition) is 2. The third kappa shape index (κ3) is 2.99. The number of carbonyl (C=O) groups is 2. The van der Waals surface area contributed by atoms with Crippen molar-refractivity contribution in [3.8, 4) is 6.07 Å². The fourth-order valence-corrected chi connectivity index (χ4v) is 9.98. The van der Waals surface area contributed by atoms with Crippen LogP contribution in [0.15, 0.2) is 23.3 Å². The molecule has 0 aromatic carbocycles. The Morgan fingerprint density at radius 3 is 2.38 bits per heavy atom. The molecular formula is C31H43NO5. The van der Waals surface area contributed by atoms with E-state index in [1.54, 1.807) is 6.08 Å². The molecule has 0 saturated heterocycles. The highest BCUT2D eigenvalue weighted by Gasteiger charge is 2.76. The maximum atomic E-state index is 14.4. The van der Waals surface area contributed by atoms with Gasteiger partial charge >= 0.3 is 5.97 Å². The van der Waals surface area contributed by atoms with Crippen LogP contribution in [-0.4, -0.2) is 40.8 Å². The molecule has 0 bridgehead atoms. The molecule has 0 aromatic rings. The summed E-state index contributed by atoms with van der Waals surface area (Å²) in [5.41, 5.74) is -3.20. The molecule has 3 fully saturated rings. The van der Waals surface area contributed by atoms with E-state index in [1.165, 1.54) is 7.11 Å². The number of ether oxygens (including phenoxy) is 1. The highest BCUT2D eigenvalue weighted by molar-refractivity contribution is 6.01. The highest BCUT2D eigenvalue weighted by Crippen LogP contribution is 2.75. The third-order valence-electron chi connectivity index (χ3n) is 12.5. The summed E-state index contributed by atoms with van der Waals surface area (Å²) in [6.07, 6.45) is 7.55. The molecule has 2 N–H and O–H groups in total. The zero-order valence-corrected chi connectivity index (χ0v) is 23.5. The Morgan fingerprint density at radius 2 is 1.76 bits per heavy atom. The van der Waals surface area contributed by atoms with Crippen LogP contribution in [0.25, 0.3) is 0 Å². The summed E-state index contributed by atoms with van der Waals surface area (Å²) in [6.45, 7) is 12.7. The number of allylic oxidation sites excluding steroid dienone is 2. The number of aliphatic hydroxyl groups is 2. The number of nitriles is 1. The predicted molar refractivity (Wildman–Crippen MR) is 139 cm³/mol. The molecule has 0 spiro atoms. The van der Waals surface area contributed by atoms with E-state index in [-0.39, 0.29) is 29.0 Å². The normalized spacial score (nSPS) is 50.2. The SMILES string of the molecule is COC(=O)[C@]12CCC(C)(C)CC1[C@@]1(O)C(=O)C=C3[C@@]4(C)C=C(C#N)C(O)[C@@H](C)[C@@H]4CC[C@@]3(C)[C@]1(C)CC2. The standard InChI is InChI=1S/C31H43NO5/c1-18-20-8-9-28(5)21(27(20,4)15-19(17-32)24(18)34)14-23(33)31(36)22-16-26(2,3)10-12-30(22,25(35)37-7)13-11-29(28,31)6/h14-15,18,20,22,24,34,36H,8-13,16H2,1-7H3/t18-,20-,22?,24?,27-,28+,29-,30-,31+/m0/s1. The van der Waals surface area contributed by atoms with Gasteiger partial charge in [0.1, 0.15) is 5.60 Å². The Labute approximate surface area is 221 Å². The van der Waals surface area contributed by atoms with Crippen LogP contribution in [0.3, 0.4) is 0 Å². The van der Waals surface area contributed by atoms with Gasteiger partial charge in [-0.1, -0.05) is 47.6 Å². The van der Waals surface area contributed by atoms with Crippen LogP contribution in [-0.2, 0) is 14.3 Å². The number of nitrogens with zero attached hydrogens (tertiary/aromatic N) is 1. The summed E-state index contributed by atoms with van der Waals surface area (Å²) >= 11 is 0. The Kier molecular flexibility index (Phi) is 5.61. The van der Waals surface area contributed by atoms with Crippen molar-refractivity contribution in [3.63, 3.8) is 0 Å². The second-order valence-electron chi connectivity index (χ2n) is 14.4. The van der Waals surface area contributed by atoms with Crippen molar-refractivity contribution in [3.05, 3.63) is 23.3 Å². The smallest absolute Gasteiger partial charge is 0.312 e. The fraction of sp³-hybridized carbons (Fsp3) is 0.774. The van der Waals surface area contributed by atoms with Gasteiger partial charge in [-0.2, -0.15) is 5.26 Å². The van der Waals surface area contributed by atoms with Crippen molar-refractivity contribution >= 4 is 11.8 Å². The number of carbonyl (C=O) groups excluding carboxylic acids is 2. The second-order valence-corrected chi connectivity index (χ2v) is 14.4. The summed E-state index contributed by atoms with van der Waals surface area (Å²) < 4.78 is 5.34. The summed E-state index contributed by atoms with van der Waals surface area (Å²) in [4.78, 5) is 27.7. The van der Waals surface area contributed by atoms with Crippen LogP contribution in [0.5, 0.6) is 0 Å². The molecule has 0 radical (unpaired) electrons. The molecule has 5 rings (SSSR count). The molecule has 0 amide bonds. The molecule has 0 heterocycles. The van der Waals surface area contributed by atoms with Gasteiger partial charge in [0.05, 0.1) is 30.3 Å². The molecule has 3 saturated carbocycles. The van der Waals surface area contributed by atoms with E-state index in [2.05, 4.69) is 40.7 Å². The van der Waals surface area contributed by atoms with Crippen LogP contribution in [0.2, 0.25) is 0 Å². The Morgan fingerprint density at radius 1 is 1.11 bits per heavy atom. The average molecular weight is 510 g/mol. The molecule has 37 heavy (non-hydrogen) atoms. The zero-order chi connectivity index (χ0) is 27.4. The molecule has 5 aliphatic carbocycles. The molecule has 0 aliphatic heterocycles. The van der Waals surface area contributed by atoms with Crippen LogP contribution < -0.4 is 0 Å².